The van der Waals surface area contributed by atoms with Crippen LogP contribution in [-0.2, 0) is 33.8 Å². The van der Waals surface area contributed by atoms with Crippen molar-refractivity contribution in [3.05, 3.63) is 119 Å². The molecule has 0 bridgehead atoms. The molecule has 0 N–H and O–H groups in total. The van der Waals surface area contributed by atoms with Crippen LogP contribution in [0.1, 0.15) is 68.7 Å². The molecule has 1 unspecified atom stereocenters. The normalized spacial score (nSPS) is 14.1. The Morgan fingerprint density at radius 1 is 0.739 bits per heavy atom. The summed E-state index contributed by atoms with van der Waals surface area (Å²) in [6, 6.07) is 34.1. The van der Waals surface area contributed by atoms with Crippen LogP contribution in [0.5, 0.6) is 11.5 Å². The van der Waals surface area contributed by atoms with E-state index in [1.165, 1.54) is 33.6 Å². The molecule has 0 aromatic heterocycles. The van der Waals surface area contributed by atoms with Crippen LogP contribution in [0.25, 0.3) is 0 Å². The number of nitrogens with zero attached hydrogens (tertiary/aromatic N) is 2. The Labute approximate surface area is 273 Å². The number of anilines is 2. The van der Waals surface area contributed by atoms with Gasteiger partial charge in [0.05, 0.1) is 6.61 Å². The van der Waals surface area contributed by atoms with Crippen molar-refractivity contribution in [1.29, 1.82) is 0 Å². The van der Waals surface area contributed by atoms with Crippen LogP contribution in [0.3, 0.4) is 0 Å². The topological polar surface area (TPSA) is 60.5 Å². The van der Waals surface area contributed by atoms with Gasteiger partial charge in [0.2, 0.25) is 0 Å². The lowest BCUT2D eigenvalue weighted by atomic mass is 9.99. The van der Waals surface area contributed by atoms with E-state index in [-0.39, 0.29) is 5.97 Å². The maximum atomic E-state index is 11.0. The molecule has 0 fully saturated rings. The first-order valence-electron chi connectivity index (χ1n) is 16.4. The third-order valence-corrected chi connectivity index (χ3v) is 7.98. The highest BCUT2D eigenvalue weighted by atomic mass is 16.7. The molecule has 2 aliphatic rings. The minimum absolute atomic E-state index is 0.175. The summed E-state index contributed by atoms with van der Waals surface area (Å²) < 4.78 is 22.3. The van der Waals surface area contributed by atoms with Crippen molar-refractivity contribution >= 4 is 17.3 Å². The van der Waals surface area contributed by atoms with Gasteiger partial charge in [-0.3, -0.25) is 4.79 Å². The fourth-order valence-corrected chi connectivity index (χ4v) is 5.53. The van der Waals surface area contributed by atoms with E-state index >= 15 is 0 Å². The molecule has 0 saturated heterocycles. The summed E-state index contributed by atoms with van der Waals surface area (Å²) in [5.41, 5.74) is 7.43. The van der Waals surface area contributed by atoms with E-state index in [4.69, 9.17) is 18.9 Å². The molecule has 4 aromatic carbocycles. The molecule has 2 heterocycles. The number of unbranched alkanes of at least 4 members (excludes halogenated alkanes) is 1. The third kappa shape index (κ3) is 9.27. The standard InChI is InChI=1S/C29H26N2O2.C10H20O3/c1-3-7-26(8-4-1)30-18-24-16-22(11-13-28(24)32-20-30)15-23-12-14-29-25(17-23)19-31(21-33-29)27-9-5-2-6-10-27;1-4-6-8-12-9(3)13-10(11)7-5-2/h1-14,16-17H,15,18-21H2;9H,4-8H2,1-3H3. The van der Waals surface area contributed by atoms with Crippen LogP contribution in [0.4, 0.5) is 11.4 Å². The molecule has 0 radical (unpaired) electrons. The van der Waals surface area contributed by atoms with E-state index in [0.29, 0.717) is 26.5 Å². The maximum Gasteiger partial charge on any atom is 0.308 e. The van der Waals surface area contributed by atoms with Gasteiger partial charge in [-0.25, -0.2) is 0 Å². The van der Waals surface area contributed by atoms with Crippen LogP contribution >= 0.6 is 0 Å². The lowest BCUT2D eigenvalue weighted by Crippen LogP contribution is -2.32. The van der Waals surface area contributed by atoms with Gasteiger partial charge in [-0.15, -0.1) is 0 Å². The summed E-state index contributed by atoms with van der Waals surface area (Å²) in [7, 11) is 0. The van der Waals surface area contributed by atoms with Crippen molar-refractivity contribution in [3.8, 4) is 11.5 Å². The summed E-state index contributed by atoms with van der Waals surface area (Å²) in [5, 5.41) is 0. The average molecular weight is 623 g/mol. The molecule has 4 aromatic rings. The zero-order valence-corrected chi connectivity index (χ0v) is 27.3. The smallest absolute Gasteiger partial charge is 0.308 e. The van der Waals surface area contributed by atoms with Gasteiger partial charge in [0, 0.05) is 42.0 Å². The third-order valence-electron chi connectivity index (χ3n) is 7.98. The van der Waals surface area contributed by atoms with Gasteiger partial charge < -0.3 is 28.7 Å². The highest BCUT2D eigenvalue weighted by Crippen LogP contribution is 2.32. The minimum Gasteiger partial charge on any atom is -0.473 e. The number of hydrogen-bond donors (Lipinski definition) is 0. The van der Waals surface area contributed by atoms with Crippen LogP contribution in [0.2, 0.25) is 0 Å². The maximum absolute atomic E-state index is 11.0. The number of hydrogen-bond acceptors (Lipinski definition) is 7. The summed E-state index contributed by atoms with van der Waals surface area (Å²) in [4.78, 5) is 15.5. The van der Waals surface area contributed by atoms with Gasteiger partial charge in [0.1, 0.15) is 11.5 Å². The fourth-order valence-electron chi connectivity index (χ4n) is 5.53. The van der Waals surface area contributed by atoms with Gasteiger partial charge in [-0.2, -0.15) is 0 Å². The summed E-state index contributed by atoms with van der Waals surface area (Å²) >= 11 is 0. The lowest BCUT2D eigenvalue weighted by Gasteiger charge is -2.31. The first kappa shape index (κ1) is 32.9. The molecule has 0 spiro atoms. The van der Waals surface area contributed by atoms with E-state index in [9.17, 15) is 4.79 Å². The van der Waals surface area contributed by atoms with Crippen LogP contribution in [0, 0.1) is 0 Å². The molecule has 1 atom stereocenters. The van der Waals surface area contributed by atoms with E-state index in [0.717, 1.165) is 50.3 Å². The molecular formula is C39H46N2O5. The Kier molecular flexibility index (Phi) is 12.0. The first-order valence-corrected chi connectivity index (χ1v) is 16.4. The Morgan fingerprint density at radius 3 is 1.74 bits per heavy atom. The van der Waals surface area contributed by atoms with E-state index in [1.54, 1.807) is 6.92 Å². The molecule has 0 amide bonds. The highest BCUT2D eigenvalue weighted by molar-refractivity contribution is 5.69. The van der Waals surface area contributed by atoms with Crippen molar-refractivity contribution in [2.24, 2.45) is 0 Å². The Morgan fingerprint density at radius 2 is 1.26 bits per heavy atom. The molecule has 7 heteroatoms. The molecule has 2 aliphatic heterocycles. The van der Waals surface area contributed by atoms with Crippen molar-refractivity contribution in [3.63, 3.8) is 0 Å². The predicted octanol–water partition coefficient (Wildman–Crippen LogP) is 8.48. The molecule has 0 saturated carbocycles. The van der Waals surface area contributed by atoms with E-state index in [2.05, 4.69) is 102 Å². The number of para-hydroxylation sites is 2. The number of rotatable bonds is 11. The molecule has 46 heavy (non-hydrogen) atoms. The molecule has 0 aliphatic carbocycles. The molecule has 242 valence electrons. The fraction of sp³-hybridized carbons (Fsp3) is 0.359. The van der Waals surface area contributed by atoms with Gasteiger partial charge in [-0.05, 0) is 85.8 Å². The number of ether oxygens (including phenoxy) is 4. The largest absolute Gasteiger partial charge is 0.473 e. The number of fused-ring (bicyclic) bond motifs is 2. The lowest BCUT2D eigenvalue weighted by molar-refractivity contribution is -0.174. The average Bonchev–Trinajstić information content (AvgIpc) is 3.09. The first-order chi connectivity index (χ1) is 22.5. The summed E-state index contributed by atoms with van der Waals surface area (Å²) in [5.74, 6) is 1.80. The second-order valence-corrected chi connectivity index (χ2v) is 11.7. The Hall–Kier alpha value is -4.49. The number of carbonyl (C=O) groups excluding carboxylic acids is 1. The van der Waals surface area contributed by atoms with Crippen LogP contribution in [-0.4, -0.2) is 32.3 Å². The monoisotopic (exact) mass is 622 g/mol. The zero-order chi connectivity index (χ0) is 32.1. The van der Waals surface area contributed by atoms with Crippen molar-refractivity contribution in [1.82, 2.24) is 0 Å². The molecular weight excluding hydrogens is 576 g/mol. The SMILES string of the molecule is CCCCOC(C)OC(=O)CCC.c1ccc(N2COc3ccc(Cc4ccc5c(c4)CN(c4ccccc4)CO5)cc3C2)cc1. The number of benzene rings is 4. The molecule has 7 nitrogen and oxygen atoms in total. The number of esters is 1. The second-order valence-electron chi connectivity index (χ2n) is 11.7. The summed E-state index contributed by atoms with van der Waals surface area (Å²) in [6.07, 6.45) is 3.88. The minimum atomic E-state index is -0.398. The van der Waals surface area contributed by atoms with Crippen LogP contribution in [0.15, 0.2) is 97.1 Å². The second kappa shape index (κ2) is 16.7. The number of carbonyl (C=O) groups is 1. The van der Waals surface area contributed by atoms with Gasteiger partial charge >= 0.3 is 5.97 Å². The Bertz CT molecular complexity index is 1430. The summed E-state index contributed by atoms with van der Waals surface area (Å²) in [6.45, 7) is 9.34. The highest BCUT2D eigenvalue weighted by Gasteiger charge is 2.20. The quantitative estimate of drug-likeness (QED) is 0.0945. The van der Waals surface area contributed by atoms with Crippen LogP contribution < -0.4 is 19.3 Å². The molecule has 6 rings (SSSR count). The predicted molar refractivity (Wildman–Crippen MR) is 183 cm³/mol. The zero-order valence-electron chi connectivity index (χ0n) is 27.3. The van der Waals surface area contributed by atoms with Crippen molar-refractivity contribution in [2.45, 2.75) is 72.3 Å². The van der Waals surface area contributed by atoms with E-state index in [1.807, 2.05) is 19.1 Å². The van der Waals surface area contributed by atoms with Gasteiger partial charge in [0.15, 0.2) is 19.8 Å². The van der Waals surface area contributed by atoms with Crippen molar-refractivity contribution < 1.29 is 23.7 Å². The van der Waals surface area contributed by atoms with Crippen molar-refractivity contribution in [2.75, 3.05) is 29.9 Å². The van der Waals surface area contributed by atoms with Gasteiger partial charge in [0.25, 0.3) is 0 Å². The van der Waals surface area contributed by atoms with Gasteiger partial charge in [-0.1, -0.05) is 68.8 Å². The Balaban J connectivity index is 0.000000274. The van der Waals surface area contributed by atoms with E-state index < -0.39 is 6.29 Å².